The maximum Gasteiger partial charge on any atom is 0.347 e. The van der Waals surface area contributed by atoms with E-state index in [9.17, 15) is 4.79 Å². The van der Waals surface area contributed by atoms with Crippen LogP contribution in [0, 0.1) is 0 Å². The molecule has 0 aliphatic heterocycles. The topological polar surface area (TPSA) is 62.2 Å². The van der Waals surface area contributed by atoms with Crippen molar-refractivity contribution in [2.75, 3.05) is 5.32 Å². The molecule has 0 saturated carbocycles. The molecule has 0 aliphatic carbocycles. The van der Waals surface area contributed by atoms with Crippen molar-refractivity contribution in [3.63, 3.8) is 0 Å². The van der Waals surface area contributed by atoms with Crippen LogP contribution in [0.4, 0.5) is 10.8 Å². The molecule has 1 heterocycles. The fraction of sp³-hybridized carbons (Fsp3) is 0.167. The third-order valence-electron chi connectivity index (χ3n) is 2.48. The summed E-state index contributed by atoms with van der Waals surface area (Å²) in [4.78, 5) is 15.5. The number of benzene rings is 1. The van der Waals surface area contributed by atoms with Gasteiger partial charge in [0.15, 0.2) is 5.13 Å². The van der Waals surface area contributed by atoms with Gasteiger partial charge in [0, 0.05) is 0 Å². The third kappa shape index (κ3) is 3.17. The molecule has 0 unspecified atom stereocenters. The molecule has 2 aromatic rings. The van der Waals surface area contributed by atoms with Crippen LogP contribution >= 0.6 is 46.1 Å². The van der Waals surface area contributed by atoms with E-state index in [1.54, 1.807) is 6.07 Å². The smallest absolute Gasteiger partial charge is 0.347 e. The number of hydrogen-bond donors (Lipinski definition) is 2. The number of hydrogen-bond acceptors (Lipinski definition) is 4. The van der Waals surface area contributed by atoms with Crippen LogP contribution in [0.15, 0.2) is 12.1 Å². The Kier molecular flexibility index (Phi) is 4.75. The van der Waals surface area contributed by atoms with Gasteiger partial charge < -0.3 is 10.4 Å². The highest BCUT2D eigenvalue weighted by atomic mass is 35.5. The minimum Gasteiger partial charge on any atom is -0.477 e. The van der Waals surface area contributed by atoms with Gasteiger partial charge in [-0.1, -0.05) is 53.1 Å². The Labute approximate surface area is 134 Å². The summed E-state index contributed by atoms with van der Waals surface area (Å²) in [5.74, 6) is -0.993. The van der Waals surface area contributed by atoms with E-state index in [-0.39, 0.29) is 4.88 Å². The molecule has 4 nitrogen and oxygen atoms in total. The molecule has 1 aromatic heterocycles. The average molecular weight is 352 g/mol. The quantitative estimate of drug-likeness (QED) is 0.752. The number of carboxylic acids is 1. The SMILES string of the molecule is CCc1nc(Nc2cc(Cl)c(Cl)cc2Cl)sc1C(=O)O. The number of thiazole rings is 1. The maximum atomic E-state index is 11.1. The number of carboxylic acid groups (broad SMARTS) is 1. The summed E-state index contributed by atoms with van der Waals surface area (Å²) >= 11 is 18.9. The van der Waals surface area contributed by atoms with Gasteiger partial charge in [-0.2, -0.15) is 0 Å². The molecule has 106 valence electrons. The van der Waals surface area contributed by atoms with Crippen molar-refractivity contribution in [1.29, 1.82) is 0 Å². The normalized spacial score (nSPS) is 10.6. The van der Waals surface area contributed by atoms with E-state index in [1.165, 1.54) is 6.07 Å². The molecular formula is C12H9Cl3N2O2S. The number of aromatic nitrogens is 1. The van der Waals surface area contributed by atoms with Crippen molar-refractivity contribution in [3.8, 4) is 0 Å². The lowest BCUT2D eigenvalue weighted by Gasteiger charge is -2.06. The lowest BCUT2D eigenvalue weighted by Crippen LogP contribution is -1.97. The zero-order valence-electron chi connectivity index (χ0n) is 10.2. The molecule has 2 N–H and O–H groups in total. The van der Waals surface area contributed by atoms with Crippen molar-refractivity contribution in [3.05, 3.63) is 37.8 Å². The average Bonchev–Trinajstić information content (AvgIpc) is 2.79. The monoisotopic (exact) mass is 350 g/mol. The van der Waals surface area contributed by atoms with E-state index in [0.717, 1.165) is 11.3 Å². The molecule has 0 atom stereocenters. The van der Waals surface area contributed by atoms with Gasteiger partial charge in [-0.25, -0.2) is 9.78 Å². The van der Waals surface area contributed by atoms with Crippen LogP contribution in [-0.4, -0.2) is 16.1 Å². The fourth-order valence-electron chi connectivity index (χ4n) is 1.55. The van der Waals surface area contributed by atoms with Gasteiger partial charge in [0.05, 0.1) is 26.4 Å². The second kappa shape index (κ2) is 6.18. The lowest BCUT2D eigenvalue weighted by atomic mass is 10.3. The summed E-state index contributed by atoms with van der Waals surface area (Å²) in [5, 5.41) is 13.6. The lowest BCUT2D eigenvalue weighted by molar-refractivity contribution is 0.0701. The van der Waals surface area contributed by atoms with Crippen molar-refractivity contribution >= 4 is 62.9 Å². The Morgan fingerprint density at radius 3 is 2.50 bits per heavy atom. The van der Waals surface area contributed by atoms with E-state index >= 15 is 0 Å². The van der Waals surface area contributed by atoms with E-state index in [4.69, 9.17) is 39.9 Å². The molecule has 0 radical (unpaired) electrons. The number of halogens is 3. The Morgan fingerprint density at radius 2 is 1.95 bits per heavy atom. The van der Waals surface area contributed by atoms with Crippen LogP contribution in [0.2, 0.25) is 15.1 Å². The number of nitrogens with one attached hydrogen (secondary N) is 1. The Balaban J connectivity index is 2.35. The van der Waals surface area contributed by atoms with Crippen molar-refractivity contribution in [2.45, 2.75) is 13.3 Å². The maximum absolute atomic E-state index is 11.1. The predicted octanol–water partition coefficient (Wildman–Crippen LogP) is 5.11. The van der Waals surface area contributed by atoms with Gasteiger partial charge >= 0.3 is 5.97 Å². The summed E-state index contributed by atoms with van der Waals surface area (Å²) in [6, 6.07) is 3.08. The van der Waals surface area contributed by atoms with Crippen molar-refractivity contribution in [1.82, 2.24) is 4.98 Å². The number of anilines is 2. The number of carbonyl (C=O) groups is 1. The molecule has 0 fully saturated rings. The van der Waals surface area contributed by atoms with E-state index in [1.807, 2.05) is 6.92 Å². The van der Waals surface area contributed by atoms with Crippen LogP contribution in [-0.2, 0) is 6.42 Å². The van der Waals surface area contributed by atoms with E-state index < -0.39 is 5.97 Å². The molecule has 0 bridgehead atoms. The highest BCUT2D eigenvalue weighted by molar-refractivity contribution is 7.17. The van der Waals surface area contributed by atoms with Gasteiger partial charge in [0.25, 0.3) is 0 Å². The number of nitrogens with zero attached hydrogens (tertiary/aromatic N) is 1. The molecule has 2 rings (SSSR count). The second-order valence-electron chi connectivity index (χ2n) is 3.82. The molecule has 0 spiro atoms. The summed E-state index contributed by atoms with van der Waals surface area (Å²) in [7, 11) is 0. The van der Waals surface area contributed by atoms with Crippen molar-refractivity contribution in [2.24, 2.45) is 0 Å². The molecular weight excluding hydrogens is 343 g/mol. The Bertz CT molecular complexity index is 673. The summed E-state index contributed by atoms with van der Waals surface area (Å²) in [6.07, 6.45) is 0.537. The second-order valence-corrected chi connectivity index (χ2v) is 6.05. The first-order chi connectivity index (χ1) is 9.42. The van der Waals surface area contributed by atoms with Gasteiger partial charge in [0.2, 0.25) is 0 Å². The van der Waals surface area contributed by atoms with Crippen LogP contribution in [0.1, 0.15) is 22.3 Å². The predicted molar refractivity (Wildman–Crippen MR) is 83.2 cm³/mol. The van der Waals surface area contributed by atoms with Gasteiger partial charge in [0.1, 0.15) is 4.88 Å². The highest BCUT2D eigenvalue weighted by Gasteiger charge is 2.17. The highest BCUT2D eigenvalue weighted by Crippen LogP contribution is 2.35. The summed E-state index contributed by atoms with van der Waals surface area (Å²) < 4.78 is 0. The number of rotatable bonds is 4. The Morgan fingerprint density at radius 1 is 1.30 bits per heavy atom. The number of aromatic carboxylic acids is 1. The van der Waals surface area contributed by atoms with E-state index in [2.05, 4.69) is 10.3 Å². The molecule has 8 heteroatoms. The zero-order chi connectivity index (χ0) is 14.9. The largest absolute Gasteiger partial charge is 0.477 e. The van der Waals surface area contributed by atoms with Gasteiger partial charge in [-0.15, -0.1) is 0 Å². The molecule has 1 aromatic carbocycles. The van der Waals surface area contributed by atoms with E-state index in [0.29, 0.717) is 38.0 Å². The fourth-order valence-corrected chi connectivity index (χ4v) is 3.04. The zero-order valence-corrected chi connectivity index (χ0v) is 13.3. The minimum absolute atomic E-state index is 0.214. The van der Waals surface area contributed by atoms with Gasteiger partial charge in [-0.3, -0.25) is 0 Å². The minimum atomic E-state index is -0.993. The van der Waals surface area contributed by atoms with Crippen LogP contribution in [0.25, 0.3) is 0 Å². The Hall–Kier alpha value is -1.01. The number of aryl methyl sites for hydroxylation is 1. The standard InChI is InChI=1S/C12H9Cl3N2O2S/c1-2-8-10(11(18)19)20-12(16-8)17-9-4-6(14)5(13)3-7(9)15/h3-4H,2H2,1H3,(H,16,17)(H,18,19). The third-order valence-corrected chi connectivity index (χ3v) is 4.51. The van der Waals surface area contributed by atoms with Crippen LogP contribution in [0.3, 0.4) is 0 Å². The summed E-state index contributed by atoms with van der Waals surface area (Å²) in [5.41, 5.74) is 1.05. The first kappa shape index (κ1) is 15.4. The molecule has 20 heavy (non-hydrogen) atoms. The van der Waals surface area contributed by atoms with Crippen molar-refractivity contribution < 1.29 is 9.90 Å². The van der Waals surface area contributed by atoms with Crippen LogP contribution in [0.5, 0.6) is 0 Å². The first-order valence-corrected chi connectivity index (χ1v) is 7.52. The van der Waals surface area contributed by atoms with Crippen LogP contribution < -0.4 is 5.32 Å². The van der Waals surface area contributed by atoms with Gasteiger partial charge in [-0.05, 0) is 18.6 Å². The molecule has 0 saturated heterocycles. The molecule has 0 aliphatic rings. The summed E-state index contributed by atoms with van der Waals surface area (Å²) in [6.45, 7) is 1.84. The first-order valence-electron chi connectivity index (χ1n) is 5.57. The molecule has 0 amide bonds.